The van der Waals surface area contributed by atoms with Crippen molar-refractivity contribution in [2.75, 3.05) is 64.0 Å². The van der Waals surface area contributed by atoms with Gasteiger partial charge in [0.25, 0.3) is 5.92 Å². The number of benzene rings is 3. The number of piperidine rings is 1. The average Bonchev–Trinajstić information content (AvgIpc) is 3.97. The maximum Gasteiger partial charge on any atom is 0.319 e. The Hall–Kier alpha value is -4.71. The van der Waals surface area contributed by atoms with Crippen molar-refractivity contribution in [3.63, 3.8) is 0 Å². The van der Waals surface area contributed by atoms with Gasteiger partial charge in [-0.15, -0.1) is 6.42 Å². The lowest BCUT2D eigenvalue weighted by Crippen LogP contribution is -2.56. The summed E-state index contributed by atoms with van der Waals surface area (Å²) in [7, 11) is 1.76. The topological polar surface area (TPSA) is 92.0 Å². The number of terminal acetylenes is 1. The zero-order valence-electron chi connectivity index (χ0n) is 32.4. The van der Waals surface area contributed by atoms with Gasteiger partial charge in [-0.3, -0.25) is 9.58 Å². The SMILES string of the molecule is C#Cc1c(F)ccc2cc(O)cc(-c3c(F)c4nc(OCC5(CN6CCC7(CC6)CC7(F)F)CC5)nc(N5C[C@H]6CC[C@@H](C5)N6CC5COC5)c4c4cn(C)nc34)c12. The Morgan fingerprint density at radius 1 is 1.00 bits per heavy atom. The molecular weight excluding hydrogens is 751 g/mol. The Morgan fingerprint density at radius 2 is 1.74 bits per heavy atom. The molecule has 6 aliphatic rings. The summed E-state index contributed by atoms with van der Waals surface area (Å²) < 4.78 is 75.0. The van der Waals surface area contributed by atoms with Gasteiger partial charge in [-0.05, 0) is 80.8 Å². The fourth-order valence-electron chi connectivity index (χ4n) is 10.6. The minimum absolute atomic E-state index is 0.00297. The van der Waals surface area contributed by atoms with Crippen molar-refractivity contribution in [3.05, 3.63) is 47.7 Å². The quantitative estimate of drug-likeness (QED) is 0.127. The highest BCUT2D eigenvalue weighted by atomic mass is 19.3. The highest BCUT2D eigenvalue weighted by Crippen LogP contribution is 2.66. The summed E-state index contributed by atoms with van der Waals surface area (Å²) in [5.41, 5.74) is -0.453. The Bertz CT molecular complexity index is 2540. The Kier molecular flexibility index (Phi) is 8.09. The van der Waals surface area contributed by atoms with Gasteiger partial charge >= 0.3 is 6.01 Å². The molecule has 302 valence electrons. The molecule has 1 spiro atoms. The summed E-state index contributed by atoms with van der Waals surface area (Å²) >= 11 is 0. The molecule has 2 aromatic heterocycles. The van der Waals surface area contributed by atoms with Gasteiger partial charge in [0, 0.05) is 91.0 Å². The smallest absolute Gasteiger partial charge is 0.319 e. The zero-order valence-corrected chi connectivity index (χ0v) is 32.4. The Labute approximate surface area is 333 Å². The van der Waals surface area contributed by atoms with Crippen LogP contribution >= 0.6 is 0 Å². The molecule has 58 heavy (non-hydrogen) atoms. The fraction of sp³-hybridized carbons (Fsp3) is 0.523. The van der Waals surface area contributed by atoms with Gasteiger partial charge in [-0.25, -0.2) is 17.6 Å². The van der Waals surface area contributed by atoms with Crippen LogP contribution in [0, 0.1) is 40.7 Å². The molecule has 2 bridgehead atoms. The van der Waals surface area contributed by atoms with Crippen LogP contribution in [0.25, 0.3) is 43.7 Å². The van der Waals surface area contributed by atoms with Crippen LogP contribution in [0.1, 0.15) is 50.5 Å². The first kappa shape index (κ1) is 36.4. The zero-order chi connectivity index (χ0) is 39.7. The molecule has 6 fully saturated rings. The molecule has 2 atom stereocenters. The molecule has 1 N–H and O–H groups in total. The molecule has 4 aliphatic heterocycles. The molecule has 0 amide bonds. The van der Waals surface area contributed by atoms with E-state index >= 15 is 8.78 Å². The first-order chi connectivity index (χ1) is 27.9. The van der Waals surface area contributed by atoms with E-state index in [0.29, 0.717) is 91.1 Å². The van der Waals surface area contributed by atoms with Gasteiger partial charge in [-0.2, -0.15) is 15.1 Å². The molecule has 6 heterocycles. The third-order valence-corrected chi connectivity index (χ3v) is 14.3. The molecule has 5 aromatic rings. The highest BCUT2D eigenvalue weighted by Gasteiger charge is 2.70. The van der Waals surface area contributed by atoms with E-state index < -0.39 is 23.0 Å². The molecule has 3 aromatic carbocycles. The molecule has 11 rings (SSSR count). The molecule has 2 saturated carbocycles. The van der Waals surface area contributed by atoms with E-state index in [1.807, 2.05) is 6.20 Å². The van der Waals surface area contributed by atoms with Crippen molar-refractivity contribution in [3.8, 4) is 35.2 Å². The van der Waals surface area contributed by atoms with Gasteiger partial charge < -0.3 is 24.4 Å². The van der Waals surface area contributed by atoms with E-state index in [4.69, 9.17) is 31.0 Å². The van der Waals surface area contributed by atoms with Gasteiger partial charge in [-0.1, -0.05) is 12.0 Å². The number of anilines is 1. The number of hydrogen-bond acceptors (Lipinski definition) is 9. The number of hydrogen-bond donors (Lipinski definition) is 1. The number of aromatic hydroxyl groups is 1. The Morgan fingerprint density at radius 3 is 2.40 bits per heavy atom. The van der Waals surface area contributed by atoms with Crippen LogP contribution in [0.4, 0.5) is 23.4 Å². The van der Waals surface area contributed by atoms with Crippen LogP contribution in [0.3, 0.4) is 0 Å². The predicted octanol–water partition coefficient (Wildman–Crippen LogP) is 6.88. The molecule has 0 unspecified atom stereocenters. The second kappa shape index (κ2) is 12.9. The summed E-state index contributed by atoms with van der Waals surface area (Å²) in [4.78, 5) is 17.1. The molecular formula is C44H45F4N7O3. The van der Waals surface area contributed by atoms with Crippen molar-refractivity contribution in [2.45, 2.75) is 63.0 Å². The number of piperazine rings is 1. The second-order valence-corrected chi connectivity index (χ2v) is 18.1. The molecule has 10 nitrogen and oxygen atoms in total. The van der Waals surface area contributed by atoms with Gasteiger partial charge in [0.05, 0.1) is 30.8 Å². The summed E-state index contributed by atoms with van der Waals surface area (Å²) in [6.45, 7) is 6.29. The fourth-order valence-corrected chi connectivity index (χ4v) is 10.6. The van der Waals surface area contributed by atoms with Crippen molar-refractivity contribution in [1.29, 1.82) is 0 Å². The van der Waals surface area contributed by atoms with Crippen molar-refractivity contribution >= 4 is 38.4 Å². The molecule has 14 heteroatoms. The summed E-state index contributed by atoms with van der Waals surface area (Å²) in [5, 5.41) is 17.5. The highest BCUT2D eigenvalue weighted by molar-refractivity contribution is 6.18. The standard InChI is InChI=1S/C44H45F4N7O3/c1-3-30-33(45)7-4-26-14-29(56)15-31(34(26)30)35-37(46)39-36(32-19-52(2)51-38(32)35)40(54-17-27-5-6-28(18-54)55(27)16-25-20-57-21-25)50-41(49-39)58-24-42(8-9-42)23-53-12-10-43(11-13-53)22-44(43,47)48/h1,4,7,14-15,19,25,27-28,56H,5-6,8-13,16-18,20-24H2,2H3/t27-,28+. The van der Waals surface area contributed by atoms with Crippen LogP contribution in [0.5, 0.6) is 11.8 Å². The van der Waals surface area contributed by atoms with Crippen molar-refractivity contribution < 1.29 is 32.1 Å². The number of ether oxygens (including phenoxy) is 2. The van der Waals surface area contributed by atoms with E-state index in [1.165, 1.54) is 24.3 Å². The van der Waals surface area contributed by atoms with Gasteiger partial charge in [0.2, 0.25) is 0 Å². The monoisotopic (exact) mass is 795 g/mol. The number of rotatable bonds is 9. The molecule has 4 saturated heterocycles. The van der Waals surface area contributed by atoms with Crippen LogP contribution < -0.4 is 9.64 Å². The molecule has 0 radical (unpaired) electrons. The maximum atomic E-state index is 17.8. The second-order valence-electron chi connectivity index (χ2n) is 18.1. The maximum absolute atomic E-state index is 17.8. The number of fused-ring (bicyclic) bond motifs is 6. The number of likely N-dealkylation sites (tertiary alicyclic amines) is 1. The third kappa shape index (κ3) is 5.74. The van der Waals surface area contributed by atoms with Gasteiger partial charge in [0.15, 0.2) is 5.82 Å². The largest absolute Gasteiger partial charge is 0.508 e. The molecule has 2 aliphatic carbocycles. The number of phenolic OH excluding ortho intramolecular Hbond substituents is 1. The van der Waals surface area contributed by atoms with Crippen molar-refractivity contribution in [2.24, 2.45) is 23.8 Å². The number of aryl methyl sites for hydroxylation is 1. The van der Waals surface area contributed by atoms with Crippen molar-refractivity contribution in [1.82, 2.24) is 29.5 Å². The number of phenols is 1. The van der Waals surface area contributed by atoms with Crippen LogP contribution in [0.2, 0.25) is 0 Å². The van der Waals surface area contributed by atoms with Crippen LogP contribution in [-0.4, -0.2) is 112 Å². The van der Waals surface area contributed by atoms with Crippen LogP contribution in [0.15, 0.2) is 30.5 Å². The summed E-state index contributed by atoms with van der Waals surface area (Å²) in [6.07, 6.45) is 12.6. The van der Waals surface area contributed by atoms with Crippen LogP contribution in [-0.2, 0) is 11.8 Å². The lowest BCUT2D eigenvalue weighted by atomic mass is 9.91. The van der Waals surface area contributed by atoms with Gasteiger partial charge in [0.1, 0.15) is 28.4 Å². The third-order valence-electron chi connectivity index (χ3n) is 14.3. The van der Waals surface area contributed by atoms with E-state index in [0.717, 1.165) is 52.0 Å². The number of aromatic nitrogens is 4. The predicted molar refractivity (Wildman–Crippen MR) is 211 cm³/mol. The van der Waals surface area contributed by atoms with E-state index in [-0.39, 0.29) is 51.2 Å². The minimum atomic E-state index is -2.54. The minimum Gasteiger partial charge on any atom is -0.508 e. The normalized spacial score (nSPS) is 24.8. The van der Waals surface area contributed by atoms with E-state index in [2.05, 4.69) is 20.6 Å². The van der Waals surface area contributed by atoms with E-state index in [9.17, 15) is 13.9 Å². The number of nitrogens with zero attached hydrogens (tertiary/aromatic N) is 7. The lowest BCUT2D eigenvalue weighted by Gasteiger charge is -2.44. The summed E-state index contributed by atoms with van der Waals surface area (Å²) in [6, 6.07) is 6.27. The Balaban J connectivity index is 1.01. The summed E-state index contributed by atoms with van der Waals surface area (Å²) in [5.74, 6) is -0.470. The average molecular weight is 796 g/mol. The number of alkyl halides is 2. The lowest BCUT2D eigenvalue weighted by molar-refractivity contribution is -0.0538. The first-order valence-electron chi connectivity index (χ1n) is 20.5. The van der Waals surface area contributed by atoms with E-state index in [1.54, 1.807) is 11.7 Å². The first-order valence-corrected chi connectivity index (χ1v) is 20.5. The number of halogens is 4.